The van der Waals surface area contributed by atoms with Gasteiger partial charge in [0.25, 0.3) is 11.8 Å². The molecular weight excluding hydrogens is 410 g/mol. The molecule has 8 heteroatoms. The van der Waals surface area contributed by atoms with Crippen LogP contribution in [0.3, 0.4) is 0 Å². The summed E-state index contributed by atoms with van der Waals surface area (Å²) in [7, 11) is 1.54. The maximum Gasteiger partial charge on any atom is 0.278 e. The highest BCUT2D eigenvalue weighted by atomic mass is 16.5. The first kappa shape index (κ1) is 23.0. The number of para-hydroxylation sites is 2. The van der Waals surface area contributed by atoms with Crippen LogP contribution in [0.5, 0.6) is 5.75 Å². The van der Waals surface area contributed by atoms with Crippen molar-refractivity contribution < 1.29 is 23.9 Å². The van der Waals surface area contributed by atoms with Gasteiger partial charge in [0.2, 0.25) is 5.91 Å². The van der Waals surface area contributed by atoms with E-state index in [1.165, 1.54) is 18.9 Å². The van der Waals surface area contributed by atoms with Crippen molar-refractivity contribution in [1.29, 1.82) is 0 Å². The molecule has 0 atom stereocenters. The van der Waals surface area contributed by atoms with Crippen LogP contribution in [0.25, 0.3) is 5.57 Å². The summed E-state index contributed by atoms with van der Waals surface area (Å²) in [5.41, 5.74) is 2.14. The molecule has 1 aliphatic heterocycles. The van der Waals surface area contributed by atoms with Gasteiger partial charge in [-0.1, -0.05) is 24.3 Å². The molecule has 2 aromatic rings. The lowest BCUT2D eigenvalue weighted by molar-refractivity contribution is -0.138. The Morgan fingerprint density at radius 1 is 1.03 bits per heavy atom. The lowest BCUT2D eigenvalue weighted by Gasteiger charge is -2.16. The zero-order chi connectivity index (χ0) is 23.3. The first-order valence-corrected chi connectivity index (χ1v) is 10.3. The average Bonchev–Trinajstić information content (AvgIpc) is 2.98. The number of hydrogen-bond acceptors (Lipinski definition) is 6. The van der Waals surface area contributed by atoms with Crippen LogP contribution in [0.15, 0.2) is 54.2 Å². The van der Waals surface area contributed by atoms with E-state index in [1.807, 2.05) is 26.0 Å². The van der Waals surface area contributed by atoms with Gasteiger partial charge in [0.05, 0.1) is 37.6 Å². The summed E-state index contributed by atoms with van der Waals surface area (Å²) in [6.45, 7) is 5.58. The van der Waals surface area contributed by atoms with E-state index in [0.29, 0.717) is 22.7 Å². The van der Waals surface area contributed by atoms with Crippen molar-refractivity contribution in [2.75, 3.05) is 30.9 Å². The molecule has 0 radical (unpaired) electrons. The van der Waals surface area contributed by atoms with Crippen LogP contribution in [-0.4, -0.2) is 49.0 Å². The van der Waals surface area contributed by atoms with Crippen molar-refractivity contribution in [2.45, 2.75) is 26.9 Å². The molecule has 32 heavy (non-hydrogen) atoms. The number of carbonyl (C=O) groups excluding carboxylic acids is 3. The van der Waals surface area contributed by atoms with Crippen LogP contribution >= 0.6 is 0 Å². The molecule has 168 valence electrons. The molecule has 2 aromatic carbocycles. The number of nitrogens with one attached hydrogen (secondary N) is 2. The fourth-order valence-electron chi connectivity index (χ4n) is 3.35. The van der Waals surface area contributed by atoms with E-state index in [0.717, 1.165) is 0 Å². The number of methoxy groups -OCH3 is 1. The number of benzene rings is 2. The number of imide groups is 1. The van der Waals surface area contributed by atoms with Gasteiger partial charge in [0, 0.05) is 12.6 Å². The minimum absolute atomic E-state index is 0.0114. The molecule has 0 aromatic heterocycles. The van der Waals surface area contributed by atoms with Gasteiger partial charge in [-0.15, -0.1) is 0 Å². The Balaban J connectivity index is 1.98. The smallest absolute Gasteiger partial charge is 0.278 e. The predicted molar refractivity (Wildman–Crippen MR) is 122 cm³/mol. The summed E-state index contributed by atoms with van der Waals surface area (Å²) in [5, 5.41) is 5.79. The maximum absolute atomic E-state index is 13.3. The Hall–Kier alpha value is -3.65. The second kappa shape index (κ2) is 10.1. The standard InChI is InChI=1S/C24H27N3O5/c1-15(2)32-14-13-27-23(29)21(17-9-11-18(12-10-17)25-16(3)28)22(24(27)30)26-19-7-5-6-8-20(19)31-4/h5-12,15,26H,13-14H2,1-4H3,(H,25,28). The summed E-state index contributed by atoms with van der Waals surface area (Å²) in [5.74, 6) is -0.498. The Labute approximate surface area is 187 Å². The van der Waals surface area contributed by atoms with Gasteiger partial charge in [-0.2, -0.15) is 0 Å². The predicted octanol–water partition coefficient (Wildman–Crippen LogP) is 3.27. The van der Waals surface area contributed by atoms with Crippen molar-refractivity contribution in [3.05, 3.63) is 59.8 Å². The number of ether oxygens (including phenoxy) is 2. The maximum atomic E-state index is 13.3. The van der Waals surface area contributed by atoms with Crippen LogP contribution in [0.2, 0.25) is 0 Å². The van der Waals surface area contributed by atoms with Crippen LogP contribution in [0, 0.1) is 0 Å². The number of anilines is 2. The summed E-state index contributed by atoms with van der Waals surface area (Å²) in [6.07, 6.45) is -0.0114. The second-order valence-corrected chi connectivity index (χ2v) is 7.52. The monoisotopic (exact) mass is 437 g/mol. The van der Waals surface area contributed by atoms with Crippen LogP contribution in [0.1, 0.15) is 26.3 Å². The highest BCUT2D eigenvalue weighted by Crippen LogP contribution is 2.33. The van der Waals surface area contributed by atoms with Crippen LogP contribution < -0.4 is 15.4 Å². The van der Waals surface area contributed by atoms with E-state index in [9.17, 15) is 14.4 Å². The summed E-state index contributed by atoms with van der Waals surface area (Å²) in [4.78, 5) is 39.0. The SMILES string of the molecule is COc1ccccc1NC1=C(c2ccc(NC(C)=O)cc2)C(=O)N(CCOC(C)C)C1=O. The minimum atomic E-state index is -0.436. The van der Waals surface area contributed by atoms with Gasteiger partial charge in [-0.3, -0.25) is 19.3 Å². The van der Waals surface area contributed by atoms with Crippen molar-refractivity contribution in [3.63, 3.8) is 0 Å². The molecule has 0 bridgehead atoms. The zero-order valence-corrected chi connectivity index (χ0v) is 18.6. The summed E-state index contributed by atoms with van der Waals surface area (Å²) < 4.78 is 10.9. The second-order valence-electron chi connectivity index (χ2n) is 7.52. The number of amides is 3. The molecule has 2 N–H and O–H groups in total. The van der Waals surface area contributed by atoms with Crippen LogP contribution in [-0.2, 0) is 19.1 Å². The van der Waals surface area contributed by atoms with E-state index in [4.69, 9.17) is 9.47 Å². The van der Waals surface area contributed by atoms with E-state index in [2.05, 4.69) is 10.6 Å². The molecule has 0 spiro atoms. The van der Waals surface area contributed by atoms with Gasteiger partial charge < -0.3 is 20.1 Å². The number of nitrogens with zero attached hydrogens (tertiary/aromatic N) is 1. The first-order chi connectivity index (χ1) is 15.3. The number of rotatable bonds is 9. The Morgan fingerprint density at radius 2 is 1.72 bits per heavy atom. The fourth-order valence-corrected chi connectivity index (χ4v) is 3.35. The summed E-state index contributed by atoms with van der Waals surface area (Å²) >= 11 is 0. The van der Waals surface area contributed by atoms with Gasteiger partial charge in [-0.25, -0.2) is 0 Å². The van der Waals surface area contributed by atoms with Crippen molar-refractivity contribution in [3.8, 4) is 5.75 Å². The average molecular weight is 437 g/mol. The first-order valence-electron chi connectivity index (χ1n) is 10.3. The lowest BCUT2D eigenvalue weighted by atomic mass is 10.0. The third-order valence-electron chi connectivity index (χ3n) is 4.79. The van der Waals surface area contributed by atoms with Gasteiger partial charge in [0.1, 0.15) is 11.4 Å². The molecule has 3 amide bonds. The Bertz CT molecular complexity index is 1040. The lowest BCUT2D eigenvalue weighted by Crippen LogP contribution is -2.35. The molecule has 8 nitrogen and oxygen atoms in total. The molecule has 3 rings (SSSR count). The molecule has 0 saturated heterocycles. The molecule has 1 heterocycles. The molecule has 0 aliphatic carbocycles. The third kappa shape index (κ3) is 5.15. The van der Waals surface area contributed by atoms with E-state index in [-0.39, 0.29) is 36.4 Å². The van der Waals surface area contributed by atoms with Crippen molar-refractivity contribution in [1.82, 2.24) is 4.90 Å². The summed E-state index contributed by atoms with van der Waals surface area (Å²) in [6, 6.07) is 13.9. The topological polar surface area (TPSA) is 97.0 Å². The quantitative estimate of drug-likeness (QED) is 0.585. The zero-order valence-electron chi connectivity index (χ0n) is 18.6. The van der Waals surface area contributed by atoms with E-state index in [1.54, 1.807) is 36.4 Å². The highest BCUT2D eigenvalue weighted by molar-refractivity contribution is 6.36. The van der Waals surface area contributed by atoms with Crippen molar-refractivity contribution in [2.24, 2.45) is 0 Å². The molecule has 0 unspecified atom stereocenters. The molecule has 0 fully saturated rings. The van der Waals surface area contributed by atoms with Gasteiger partial charge in [-0.05, 0) is 43.7 Å². The normalized spacial score (nSPS) is 13.7. The molecule has 0 saturated carbocycles. The fraction of sp³-hybridized carbons (Fsp3) is 0.292. The molecular formula is C24H27N3O5. The largest absolute Gasteiger partial charge is 0.495 e. The van der Waals surface area contributed by atoms with Gasteiger partial charge in [0.15, 0.2) is 0 Å². The minimum Gasteiger partial charge on any atom is -0.495 e. The number of carbonyl (C=O) groups is 3. The molecule has 1 aliphatic rings. The van der Waals surface area contributed by atoms with E-state index >= 15 is 0 Å². The Kier molecular flexibility index (Phi) is 7.27. The van der Waals surface area contributed by atoms with E-state index < -0.39 is 11.8 Å². The van der Waals surface area contributed by atoms with Crippen LogP contribution in [0.4, 0.5) is 11.4 Å². The van der Waals surface area contributed by atoms with Crippen molar-refractivity contribution >= 4 is 34.7 Å². The number of hydrogen-bond donors (Lipinski definition) is 2. The Morgan fingerprint density at radius 3 is 2.34 bits per heavy atom. The van der Waals surface area contributed by atoms with Gasteiger partial charge >= 0.3 is 0 Å². The third-order valence-corrected chi connectivity index (χ3v) is 4.79. The highest BCUT2D eigenvalue weighted by Gasteiger charge is 2.39.